The lowest BCUT2D eigenvalue weighted by Gasteiger charge is -2.37. The molecule has 0 radical (unpaired) electrons. The Kier molecular flexibility index (Phi) is 4.03. The Balaban J connectivity index is 2.23. The third-order valence-corrected chi connectivity index (χ3v) is 6.14. The number of thiophene rings is 1. The van der Waals surface area contributed by atoms with Crippen molar-refractivity contribution in [3.63, 3.8) is 0 Å². The lowest BCUT2D eigenvalue weighted by molar-refractivity contribution is 0.206. The van der Waals surface area contributed by atoms with E-state index in [1.807, 2.05) is 0 Å². The van der Waals surface area contributed by atoms with Crippen LogP contribution >= 0.6 is 38.9 Å². The summed E-state index contributed by atoms with van der Waals surface area (Å²) in [7, 11) is 0. The maximum Gasteiger partial charge on any atom is 0.0704 e. The van der Waals surface area contributed by atoms with Crippen LogP contribution in [0.2, 0.25) is 0 Å². The summed E-state index contributed by atoms with van der Waals surface area (Å²) in [5, 5.41) is 0.176. The highest BCUT2D eigenvalue weighted by Crippen LogP contribution is 2.51. The van der Waals surface area contributed by atoms with E-state index < -0.39 is 0 Å². The van der Waals surface area contributed by atoms with Crippen LogP contribution in [0.4, 0.5) is 0 Å². The maximum atomic E-state index is 6.73. The van der Waals surface area contributed by atoms with Gasteiger partial charge in [-0.1, -0.05) is 26.2 Å². The number of rotatable bonds is 2. The van der Waals surface area contributed by atoms with Gasteiger partial charge in [-0.05, 0) is 52.7 Å². The van der Waals surface area contributed by atoms with Gasteiger partial charge in [-0.25, -0.2) is 0 Å². The summed E-state index contributed by atoms with van der Waals surface area (Å²) in [6.45, 7) is 4.53. The minimum atomic E-state index is 0.176. The second-order valence-electron chi connectivity index (χ2n) is 5.14. The van der Waals surface area contributed by atoms with Gasteiger partial charge in [0.25, 0.3) is 0 Å². The van der Waals surface area contributed by atoms with E-state index in [4.69, 9.17) is 11.6 Å². The van der Waals surface area contributed by atoms with E-state index in [0.29, 0.717) is 5.41 Å². The molecule has 1 aliphatic rings. The molecule has 0 saturated heterocycles. The SMILES string of the molecule is Cc1sc(Br)cc1C(Cl)C1(C)CCCCC1. The number of hydrogen-bond donors (Lipinski definition) is 0. The molecule has 0 amide bonds. The van der Waals surface area contributed by atoms with Crippen LogP contribution in [0, 0.1) is 12.3 Å². The van der Waals surface area contributed by atoms with Crippen molar-refractivity contribution < 1.29 is 0 Å². The van der Waals surface area contributed by atoms with E-state index in [0.717, 1.165) is 0 Å². The van der Waals surface area contributed by atoms with E-state index in [1.165, 1.54) is 46.3 Å². The zero-order valence-corrected chi connectivity index (χ0v) is 13.0. The first-order valence-electron chi connectivity index (χ1n) is 5.93. The van der Waals surface area contributed by atoms with Gasteiger partial charge in [0.05, 0.1) is 9.16 Å². The van der Waals surface area contributed by atoms with E-state index in [9.17, 15) is 0 Å². The van der Waals surface area contributed by atoms with Crippen LogP contribution in [-0.4, -0.2) is 0 Å². The van der Waals surface area contributed by atoms with Crippen molar-refractivity contribution in [2.24, 2.45) is 5.41 Å². The molecule has 0 bridgehead atoms. The first kappa shape index (κ1) is 12.9. The molecule has 1 heterocycles. The number of aryl methyl sites for hydroxylation is 1. The lowest BCUT2D eigenvalue weighted by Crippen LogP contribution is -2.25. The summed E-state index contributed by atoms with van der Waals surface area (Å²) >= 11 is 12.1. The van der Waals surface area contributed by atoms with Crippen molar-refractivity contribution in [2.45, 2.75) is 51.3 Å². The highest BCUT2D eigenvalue weighted by atomic mass is 79.9. The van der Waals surface area contributed by atoms with Crippen molar-refractivity contribution in [2.75, 3.05) is 0 Å². The smallest absolute Gasteiger partial charge is 0.0704 e. The summed E-state index contributed by atoms with van der Waals surface area (Å²) < 4.78 is 1.20. The fraction of sp³-hybridized carbons (Fsp3) is 0.692. The highest BCUT2D eigenvalue weighted by molar-refractivity contribution is 9.11. The zero-order valence-electron chi connectivity index (χ0n) is 9.85. The molecule has 0 N–H and O–H groups in total. The van der Waals surface area contributed by atoms with Crippen LogP contribution < -0.4 is 0 Å². The molecule has 1 aromatic rings. The second-order valence-corrected chi connectivity index (χ2v) is 8.21. The fourth-order valence-corrected chi connectivity index (χ4v) is 4.96. The summed E-state index contributed by atoms with van der Waals surface area (Å²) in [5.41, 5.74) is 1.63. The predicted molar refractivity (Wildman–Crippen MR) is 76.5 cm³/mol. The third kappa shape index (κ3) is 2.49. The van der Waals surface area contributed by atoms with Gasteiger partial charge >= 0.3 is 0 Å². The fourth-order valence-electron chi connectivity index (χ4n) is 2.70. The van der Waals surface area contributed by atoms with Gasteiger partial charge in [0.2, 0.25) is 0 Å². The molecule has 1 atom stereocenters. The normalized spacial score (nSPS) is 22.0. The third-order valence-electron chi connectivity index (χ3n) is 3.81. The topological polar surface area (TPSA) is 0 Å². The molecule has 0 aromatic carbocycles. The van der Waals surface area contributed by atoms with Gasteiger partial charge in [0.1, 0.15) is 0 Å². The largest absolute Gasteiger partial charge is 0.133 e. The minimum Gasteiger partial charge on any atom is -0.133 e. The molecule has 0 nitrogen and oxygen atoms in total. The van der Waals surface area contributed by atoms with Crippen molar-refractivity contribution >= 4 is 38.9 Å². The van der Waals surface area contributed by atoms with Crippen LogP contribution in [0.1, 0.15) is 54.8 Å². The molecule has 0 spiro atoms. The average molecular weight is 322 g/mol. The molecular formula is C13H18BrClS. The molecule has 1 fully saturated rings. The Bertz CT molecular complexity index is 366. The van der Waals surface area contributed by atoms with Crippen molar-refractivity contribution in [3.05, 3.63) is 20.3 Å². The molecule has 1 aliphatic carbocycles. The molecule has 0 aliphatic heterocycles. The van der Waals surface area contributed by atoms with Crippen molar-refractivity contribution in [3.8, 4) is 0 Å². The predicted octanol–water partition coefficient (Wildman–Crippen LogP) is 6.07. The molecule has 2 rings (SSSR count). The summed E-state index contributed by atoms with van der Waals surface area (Å²) in [6, 6.07) is 2.21. The van der Waals surface area contributed by atoms with Crippen molar-refractivity contribution in [1.29, 1.82) is 0 Å². The van der Waals surface area contributed by atoms with Crippen LogP contribution in [0.25, 0.3) is 0 Å². The Morgan fingerprint density at radius 1 is 1.38 bits per heavy atom. The number of halogens is 2. The second kappa shape index (κ2) is 4.99. The van der Waals surface area contributed by atoms with E-state index in [1.54, 1.807) is 11.3 Å². The van der Waals surface area contributed by atoms with E-state index >= 15 is 0 Å². The Labute approximate surface area is 116 Å². The monoisotopic (exact) mass is 320 g/mol. The Morgan fingerprint density at radius 2 is 2.00 bits per heavy atom. The Morgan fingerprint density at radius 3 is 2.50 bits per heavy atom. The molecule has 3 heteroatoms. The maximum absolute atomic E-state index is 6.73. The quantitative estimate of drug-likeness (QED) is 0.580. The molecule has 16 heavy (non-hydrogen) atoms. The first-order chi connectivity index (χ1) is 7.53. The van der Waals surface area contributed by atoms with Gasteiger partial charge in [0, 0.05) is 4.88 Å². The highest BCUT2D eigenvalue weighted by Gasteiger charge is 2.36. The lowest BCUT2D eigenvalue weighted by atomic mass is 9.71. The zero-order chi connectivity index (χ0) is 11.8. The van der Waals surface area contributed by atoms with Crippen LogP contribution in [-0.2, 0) is 0 Å². The number of alkyl halides is 1. The molecule has 1 saturated carbocycles. The van der Waals surface area contributed by atoms with Crippen LogP contribution in [0.15, 0.2) is 9.85 Å². The summed E-state index contributed by atoms with van der Waals surface area (Å²) in [5.74, 6) is 0. The van der Waals surface area contributed by atoms with E-state index in [2.05, 4.69) is 35.8 Å². The standard InChI is InChI=1S/C13H18BrClS/c1-9-10(8-11(14)16-9)12(15)13(2)6-4-3-5-7-13/h8,12H,3-7H2,1-2H3. The average Bonchev–Trinajstić information content (AvgIpc) is 2.58. The minimum absolute atomic E-state index is 0.176. The van der Waals surface area contributed by atoms with Crippen LogP contribution in [0.5, 0.6) is 0 Å². The van der Waals surface area contributed by atoms with Crippen molar-refractivity contribution in [1.82, 2.24) is 0 Å². The van der Waals surface area contributed by atoms with Gasteiger partial charge < -0.3 is 0 Å². The molecular weight excluding hydrogens is 304 g/mol. The molecule has 90 valence electrons. The summed E-state index contributed by atoms with van der Waals surface area (Å²) in [6.07, 6.45) is 6.60. The molecule has 1 unspecified atom stereocenters. The van der Waals surface area contributed by atoms with Gasteiger partial charge in [-0.3, -0.25) is 0 Å². The van der Waals surface area contributed by atoms with E-state index in [-0.39, 0.29) is 5.38 Å². The number of hydrogen-bond acceptors (Lipinski definition) is 1. The Hall–Kier alpha value is 0.470. The van der Waals surface area contributed by atoms with Crippen LogP contribution in [0.3, 0.4) is 0 Å². The summed E-state index contributed by atoms with van der Waals surface area (Å²) in [4.78, 5) is 1.36. The van der Waals surface area contributed by atoms with Gasteiger partial charge in [-0.2, -0.15) is 0 Å². The first-order valence-corrected chi connectivity index (χ1v) is 7.97. The van der Waals surface area contributed by atoms with Gasteiger partial charge in [0.15, 0.2) is 0 Å². The molecule has 1 aromatic heterocycles. The van der Waals surface area contributed by atoms with Gasteiger partial charge in [-0.15, -0.1) is 22.9 Å².